The van der Waals surface area contributed by atoms with E-state index < -0.39 is 0 Å². The molecule has 1 rings (SSSR count). The average Bonchev–Trinajstić information content (AvgIpc) is 2.34. The highest BCUT2D eigenvalue weighted by molar-refractivity contribution is 5.85. The standard InChI is InChI=1S/C10H17NO.ClH/c1-7(2)6-9(11)10-5-4-8(3)12-10;/h4-5,7,9H,6,11H2,1-3H3;1H/t9-;/m0./s1. The summed E-state index contributed by atoms with van der Waals surface area (Å²) in [5, 5.41) is 0. The molecule has 0 saturated heterocycles. The Morgan fingerprint density at radius 3 is 2.38 bits per heavy atom. The summed E-state index contributed by atoms with van der Waals surface area (Å²) >= 11 is 0. The Kier molecular flexibility index (Phi) is 5.11. The smallest absolute Gasteiger partial charge is 0.120 e. The van der Waals surface area contributed by atoms with E-state index in [0.717, 1.165) is 17.9 Å². The summed E-state index contributed by atoms with van der Waals surface area (Å²) in [6.07, 6.45) is 0.979. The number of hydrogen-bond acceptors (Lipinski definition) is 2. The van der Waals surface area contributed by atoms with Crippen molar-refractivity contribution in [1.82, 2.24) is 0 Å². The first-order valence-corrected chi connectivity index (χ1v) is 4.41. The molecule has 13 heavy (non-hydrogen) atoms. The third kappa shape index (κ3) is 3.83. The lowest BCUT2D eigenvalue weighted by atomic mass is 10.0. The van der Waals surface area contributed by atoms with Crippen LogP contribution in [0.3, 0.4) is 0 Å². The lowest BCUT2D eigenvalue weighted by Crippen LogP contribution is -2.11. The molecule has 1 aromatic rings. The topological polar surface area (TPSA) is 39.2 Å². The number of halogens is 1. The lowest BCUT2D eigenvalue weighted by Gasteiger charge is -2.10. The van der Waals surface area contributed by atoms with Gasteiger partial charge in [-0.15, -0.1) is 12.4 Å². The number of rotatable bonds is 3. The second kappa shape index (κ2) is 5.30. The van der Waals surface area contributed by atoms with E-state index in [9.17, 15) is 0 Å². The van der Waals surface area contributed by atoms with Crippen molar-refractivity contribution in [3.8, 4) is 0 Å². The van der Waals surface area contributed by atoms with Crippen LogP contribution in [0.1, 0.15) is 37.8 Å². The molecule has 1 atom stereocenters. The van der Waals surface area contributed by atoms with E-state index in [2.05, 4.69) is 13.8 Å². The van der Waals surface area contributed by atoms with Crippen molar-refractivity contribution in [1.29, 1.82) is 0 Å². The zero-order chi connectivity index (χ0) is 9.14. The Morgan fingerprint density at radius 2 is 2.00 bits per heavy atom. The van der Waals surface area contributed by atoms with E-state index in [1.807, 2.05) is 19.1 Å². The zero-order valence-corrected chi connectivity index (χ0v) is 9.23. The first-order chi connectivity index (χ1) is 5.59. The van der Waals surface area contributed by atoms with Crippen LogP contribution in [0, 0.1) is 12.8 Å². The molecule has 0 amide bonds. The van der Waals surface area contributed by atoms with Gasteiger partial charge >= 0.3 is 0 Å². The van der Waals surface area contributed by atoms with Gasteiger partial charge < -0.3 is 10.2 Å². The van der Waals surface area contributed by atoms with Gasteiger partial charge in [0.1, 0.15) is 11.5 Å². The van der Waals surface area contributed by atoms with Crippen LogP contribution in [0.5, 0.6) is 0 Å². The Bertz CT molecular complexity index is 245. The van der Waals surface area contributed by atoms with E-state index in [1.165, 1.54) is 0 Å². The predicted octanol–water partition coefficient (Wildman–Crippen LogP) is 3.06. The third-order valence-electron chi connectivity index (χ3n) is 1.85. The van der Waals surface area contributed by atoms with Crippen molar-refractivity contribution in [2.24, 2.45) is 11.7 Å². The molecule has 2 nitrogen and oxygen atoms in total. The van der Waals surface area contributed by atoms with Gasteiger partial charge in [0.2, 0.25) is 0 Å². The molecule has 0 unspecified atom stereocenters. The van der Waals surface area contributed by atoms with Crippen LogP contribution in [0.2, 0.25) is 0 Å². The molecule has 0 saturated carbocycles. The molecule has 0 fully saturated rings. The maximum atomic E-state index is 5.92. The Labute approximate surface area is 85.9 Å². The van der Waals surface area contributed by atoms with Crippen molar-refractivity contribution >= 4 is 12.4 Å². The molecule has 0 radical (unpaired) electrons. The monoisotopic (exact) mass is 203 g/mol. The fourth-order valence-electron chi connectivity index (χ4n) is 1.28. The second-order valence-electron chi connectivity index (χ2n) is 3.68. The minimum Gasteiger partial charge on any atom is -0.465 e. The summed E-state index contributed by atoms with van der Waals surface area (Å²) in [4.78, 5) is 0. The van der Waals surface area contributed by atoms with Crippen LogP contribution >= 0.6 is 12.4 Å². The van der Waals surface area contributed by atoms with E-state index in [-0.39, 0.29) is 18.4 Å². The molecule has 76 valence electrons. The molecule has 3 heteroatoms. The summed E-state index contributed by atoms with van der Waals surface area (Å²) < 4.78 is 5.42. The van der Waals surface area contributed by atoms with Crippen molar-refractivity contribution in [2.45, 2.75) is 33.2 Å². The molecule has 1 aromatic heterocycles. The summed E-state index contributed by atoms with van der Waals surface area (Å²) in [6, 6.07) is 3.97. The minimum absolute atomic E-state index is 0. The van der Waals surface area contributed by atoms with Crippen molar-refractivity contribution in [3.05, 3.63) is 23.7 Å². The van der Waals surface area contributed by atoms with Crippen molar-refractivity contribution in [2.75, 3.05) is 0 Å². The number of hydrogen-bond donors (Lipinski definition) is 1. The fourth-order valence-corrected chi connectivity index (χ4v) is 1.28. The lowest BCUT2D eigenvalue weighted by molar-refractivity contribution is 0.404. The van der Waals surface area contributed by atoms with E-state index >= 15 is 0 Å². The number of nitrogens with two attached hydrogens (primary N) is 1. The molecular formula is C10H18ClNO. The van der Waals surface area contributed by atoms with Crippen LogP contribution in [0.4, 0.5) is 0 Å². The first-order valence-electron chi connectivity index (χ1n) is 4.41. The van der Waals surface area contributed by atoms with Gasteiger partial charge in [0.25, 0.3) is 0 Å². The average molecular weight is 204 g/mol. The molecule has 0 aliphatic rings. The number of aryl methyl sites for hydroxylation is 1. The van der Waals surface area contributed by atoms with Gasteiger partial charge in [-0.2, -0.15) is 0 Å². The van der Waals surface area contributed by atoms with Crippen LogP contribution in [-0.2, 0) is 0 Å². The zero-order valence-electron chi connectivity index (χ0n) is 8.41. The first kappa shape index (κ1) is 12.5. The summed E-state index contributed by atoms with van der Waals surface area (Å²) in [6.45, 7) is 6.26. The molecule has 0 bridgehead atoms. The summed E-state index contributed by atoms with van der Waals surface area (Å²) in [5.41, 5.74) is 5.92. The Morgan fingerprint density at radius 1 is 1.38 bits per heavy atom. The van der Waals surface area contributed by atoms with Crippen LogP contribution < -0.4 is 5.73 Å². The number of furan rings is 1. The SMILES string of the molecule is Cc1ccc([C@@H](N)CC(C)C)o1.Cl. The highest BCUT2D eigenvalue weighted by Crippen LogP contribution is 2.20. The normalized spacial score (nSPS) is 12.7. The van der Waals surface area contributed by atoms with Gasteiger partial charge in [0.05, 0.1) is 6.04 Å². The van der Waals surface area contributed by atoms with Gasteiger partial charge in [-0.05, 0) is 31.4 Å². The highest BCUT2D eigenvalue weighted by Gasteiger charge is 2.11. The van der Waals surface area contributed by atoms with Crippen LogP contribution in [0.25, 0.3) is 0 Å². The van der Waals surface area contributed by atoms with E-state index in [1.54, 1.807) is 0 Å². The third-order valence-corrected chi connectivity index (χ3v) is 1.85. The molecule has 0 aliphatic heterocycles. The molecule has 0 spiro atoms. The summed E-state index contributed by atoms with van der Waals surface area (Å²) in [7, 11) is 0. The molecule has 0 aromatic carbocycles. The van der Waals surface area contributed by atoms with Crippen molar-refractivity contribution < 1.29 is 4.42 Å². The maximum absolute atomic E-state index is 5.92. The van der Waals surface area contributed by atoms with Gasteiger partial charge in [-0.25, -0.2) is 0 Å². The second-order valence-corrected chi connectivity index (χ2v) is 3.68. The fraction of sp³-hybridized carbons (Fsp3) is 0.600. The van der Waals surface area contributed by atoms with E-state index in [4.69, 9.17) is 10.2 Å². The molecule has 1 heterocycles. The van der Waals surface area contributed by atoms with E-state index in [0.29, 0.717) is 5.92 Å². The Hall–Kier alpha value is -0.470. The van der Waals surface area contributed by atoms with Crippen LogP contribution in [-0.4, -0.2) is 0 Å². The van der Waals surface area contributed by atoms with Crippen LogP contribution in [0.15, 0.2) is 16.5 Å². The maximum Gasteiger partial charge on any atom is 0.120 e. The quantitative estimate of drug-likeness (QED) is 0.820. The molecule has 0 aliphatic carbocycles. The van der Waals surface area contributed by atoms with Gasteiger partial charge in [0.15, 0.2) is 0 Å². The highest BCUT2D eigenvalue weighted by atomic mass is 35.5. The Balaban J connectivity index is 0.00000144. The minimum atomic E-state index is 0. The predicted molar refractivity (Wildman–Crippen MR) is 57.1 cm³/mol. The molecule has 2 N–H and O–H groups in total. The molecular weight excluding hydrogens is 186 g/mol. The largest absolute Gasteiger partial charge is 0.465 e. The van der Waals surface area contributed by atoms with Gasteiger partial charge in [-0.3, -0.25) is 0 Å². The summed E-state index contributed by atoms with van der Waals surface area (Å²) in [5.74, 6) is 2.45. The van der Waals surface area contributed by atoms with Crippen molar-refractivity contribution in [3.63, 3.8) is 0 Å². The van der Waals surface area contributed by atoms with Gasteiger partial charge in [-0.1, -0.05) is 13.8 Å². The van der Waals surface area contributed by atoms with Gasteiger partial charge in [0, 0.05) is 0 Å².